The molecule has 2 rings (SSSR count). The first-order chi connectivity index (χ1) is 6.68. The number of rotatable bonds is 1. The number of hydrogen-bond acceptors (Lipinski definition) is 2. The van der Waals surface area contributed by atoms with Gasteiger partial charge in [-0.1, -0.05) is 29.8 Å². The molecule has 0 radical (unpaired) electrons. The number of benzene rings is 1. The lowest BCUT2D eigenvalue weighted by molar-refractivity contribution is -0.125. The van der Waals surface area contributed by atoms with Crippen molar-refractivity contribution in [1.82, 2.24) is 5.32 Å². The Hall–Kier alpha value is -1.35. The van der Waals surface area contributed by atoms with E-state index in [1.165, 1.54) is 0 Å². The molecule has 0 unspecified atom stereocenters. The summed E-state index contributed by atoms with van der Waals surface area (Å²) in [6, 6.07) is 7.08. The quantitative estimate of drug-likeness (QED) is 0.712. The highest BCUT2D eigenvalue weighted by molar-refractivity contribution is 6.31. The Kier molecular flexibility index (Phi) is 2.25. The first-order valence-electron chi connectivity index (χ1n) is 4.26. The molecule has 14 heavy (non-hydrogen) atoms. The van der Waals surface area contributed by atoms with Crippen LogP contribution in [0.3, 0.4) is 0 Å². The van der Waals surface area contributed by atoms with Gasteiger partial charge in [0.15, 0.2) is 0 Å². The van der Waals surface area contributed by atoms with Crippen LogP contribution >= 0.6 is 11.6 Å². The number of carbonyl (C=O) groups excluding carboxylic acids is 2. The van der Waals surface area contributed by atoms with E-state index in [9.17, 15) is 9.59 Å². The standard InChI is InChI=1S/C10H8ClNO2/c11-8-4-2-1-3-6(8)7-5-9(13)12-10(7)14/h1-4,7H,5H2,(H,12,13,14)/t7-/m0/s1. The minimum Gasteiger partial charge on any atom is -0.296 e. The van der Waals surface area contributed by atoms with Crippen molar-refractivity contribution in [1.29, 1.82) is 0 Å². The van der Waals surface area contributed by atoms with Crippen molar-refractivity contribution in [3.63, 3.8) is 0 Å². The lowest BCUT2D eigenvalue weighted by atomic mass is 9.98. The third kappa shape index (κ3) is 1.51. The third-order valence-corrected chi connectivity index (χ3v) is 2.59. The molecule has 1 saturated heterocycles. The van der Waals surface area contributed by atoms with E-state index in [0.717, 1.165) is 5.56 Å². The zero-order valence-electron chi connectivity index (χ0n) is 7.29. The Bertz CT molecular complexity index is 403. The molecule has 1 atom stereocenters. The van der Waals surface area contributed by atoms with Gasteiger partial charge in [-0.15, -0.1) is 0 Å². The van der Waals surface area contributed by atoms with Gasteiger partial charge in [0.1, 0.15) is 0 Å². The Morgan fingerprint density at radius 2 is 2.00 bits per heavy atom. The van der Waals surface area contributed by atoms with Crippen LogP contribution in [0.4, 0.5) is 0 Å². The van der Waals surface area contributed by atoms with E-state index in [1.54, 1.807) is 24.3 Å². The van der Waals surface area contributed by atoms with Crippen molar-refractivity contribution in [2.24, 2.45) is 0 Å². The maximum Gasteiger partial charge on any atom is 0.234 e. The molecule has 3 nitrogen and oxygen atoms in total. The summed E-state index contributed by atoms with van der Waals surface area (Å²) in [5.41, 5.74) is 0.720. The van der Waals surface area contributed by atoms with Crippen molar-refractivity contribution >= 4 is 23.4 Å². The maximum atomic E-state index is 11.3. The van der Waals surface area contributed by atoms with Crippen LogP contribution in [0.25, 0.3) is 0 Å². The molecule has 4 heteroatoms. The van der Waals surface area contributed by atoms with Gasteiger partial charge in [-0.05, 0) is 11.6 Å². The molecule has 0 saturated carbocycles. The van der Waals surface area contributed by atoms with Gasteiger partial charge in [0, 0.05) is 11.4 Å². The van der Waals surface area contributed by atoms with Gasteiger partial charge < -0.3 is 0 Å². The molecule has 1 fully saturated rings. The van der Waals surface area contributed by atoms with E-state index < -0.39 is 5.92 Å². The van der Waals surface area contributed by atoms with E-state index in [2.05, 4.69) is 5.32 Å². The van der Waals surface area contributed by atoms with E-state index in [0.29, 0.717) is 5.02 Å². The van der Waals surface area contributed by atoms with Gasteiger partial charge >= 0.3 is 0 Å². The Morgan fingerprint density at radius 3 is 2.57 bits per heavy atom. The van der Waals surface area contributed by atoms with E-state index in [-0.39, 0.29) is 18.2 Å². The number of imide groups is 1. The molecule has 0 spiro atoms. The molecule has 1 N–H and O–H groups in total. The number of carbonyl (C=O) groups is 2. The number of amides is 2. The van der Waals surface area contributed by atoms with Crippen LogP contribution in [0.15, 0.2) is 24.3 Å². The zero-order valence-corrected chi connectivity index (χ0v) is 8.04. The monoisotopic (exact) mass is 209 g/mol. The maximum absolute atomic E-state index is 11.3. The summed E-state index contributed by atoms with van der Waals surface area (Å²) < 4.78 is 0. The second kappa shape index (κ2) is 3.42. The fraction of sp³-hybridized carbons (Fsp3) is 0.200. The fourth-order valence-electron chi connectivity index (χ4n) is 1.56. The van der Waals surface area contributed by atoms with Crippen molar-refractivity contribution in [2.75, 3.05) is 0 Å². The Balaban J connectivity index is 2.36. The second-order valence-corrected chi connectivity index (χ2v) is 3.60. The van der Waals surface area contributed by atoms with Crippen LogP contribution in [-0.2, 0) is 9.59 Å². The number of hydrogen-bond donors (Lipinski definition) is 1. The van der Waals surface area contributed by atoms with Crippen molar-refractivity contribution in [3.05, 3.63) is 34.9 Å². The number of halogens is 1. The summed E-state index contributed by atoms with van der Waals surface area (Å²) in [5.74, 6) is -0.917. The summed E-state index contributed by atoms with van der Waals surface area (Å²) in [6.45, 7) is 0. The highest BCUT2D eigenvalue weighted by atomic mass is 35.5. The Labute approximate surface area is 86.1 Å². The average molecular weight is 210 g/mol. The van der Waals surface area contributed by atoms with E-state index in [4.69, 9.17) is 11.6 Å². The zero-order chi connectivity index (χ0) is 10.1. The second-order valence-electron chi connectivity index (χ2n) is 3.19. The first kappa shape index (κ1) is 9.21. The highest BCUT2D eigenvalue weighted by Crippen LogP contribution is 2.29. The lowest BCUT2D eigenvalue weighted by Gasteiger charge is -2.07. The van der Waals surface area contributed by atoms with Crippen molar-refractivity contribution in [3.8, 4) is 0 Å². The van der Waals surface area contributed by atoms with Gasteiger partial charge in [0.25, 0.3) is 0 Å². The van der Waals surface area contributed by atoms with Gasteiger partial charge in [-0.3, -0.25) is 14.9 Å². The van der Waals surface area contributed by atoms with Crippen LogP contribution in [0.5, 0.6) is 0 Å². The largest absolute Gasteiger partial charge is 0.296 e. The highest BCUT2D eigenvalue weighted by Gasteiger charge is 2.32. The summed E-state index contributed by atoms with van der Waals surface area (Å²) >= 11 is 5.93. The van der Waals surface area contributed by atoms with Crippen LogP contribution in [-0.4, -0.2) is 11.8 Å². The molecule has 0 bridgehead atoms. The normalized spacial score (nSPS) is 21.1. The first-order valence-corrected chi connectivity index (χ1v) is 4.64. The SMILES string of the molecule is O=C1C[C@@H](c2ccccc2Cl)C(=O)N1. The molecule has 1 aliphatic rings. The predicted octanol–water partition coefficient (Wildman–Crippen LogP) is 1.47. The van der Waals surface area contributed by atoms with Crippen LogP contribution in [0.2, 0.25) is 5.02 Å². The molecule has 0 aromatic heterocycles. The minimum absolute atomic E-state index is 0.197. The van der Waals surface area contributed by atoms with Crippen LogP contribution < -0.4 is 5.32 Å². The van der Waals surface area contributed by atoms with Crippen molar-refractivity contribution < 1.29 is 9.59 Å². The molecule has 2 amide bonds. The van der Waals surface area contributed by atoms with Gasteiger partial charge in [-0.25, -0.2) is 0 Å². The smallest absolute Gasteiger partial charge is 0.234 e. The minimum atomic E-state index is -0.420. The summed E-state index contributed by atoms with van der Waals surface area (Å²) in [7, 11) is 0. The molecule has 1 heterocycles. The van der Waals surface area contributed by atoms with Crippen LogP contribution in [0.1, 0.15) is 17.9 Å². The molecule has 0 aliphatic carbocycles. The topological polar surface area (TPSA) is 46.2 Å². The van der Waals surface area contributed by atoms with Crippen LogP contribution in [0, 0.1) is 0 Å². The molecule has 1 aromatic rings. The molecule has 72 valence electrons. The van der Waals surface area contributed by atoms with Gasteiger partial charge in [0.2, 0.25) is 11.8 Å². The third-order valence-electron chi connectivity index (χ3n) is 2.25. The van der Waals surface area contributed by atoms with Gasteiger partial charge in [0.05, 0.1) is 5.92 Å². The molecule has 1 aliphatic heterocycles. The summed E-state index contributed by atoms with van der Waals surface area (Å²) in [6.07, 6.45) is 0.197. The lowest BCUT2D eigenvalue weighted by Crippen LogP contribution is -2.21. The Morgan fingerprint density at radius 1 is 1.29 bits per heavy atom. The molecular weight excluding hydrogens is 202 g/mol. The number of nitrogens with one attached hydrogen (secondary N) is 1. The van der Waals surface area contributed by atoms with E-state index in [1.807, 2.05) is 0 Å². The molecule has 1 aromatic carbocycles. The predicted molar refractivity (Wildman–Crippen MR) is 52.0 cm³/mol. The average Bonchev–Trinajstić information content (AvgIpc) is 2.46. The summed E-state index contributed by atoms with van der Waals surface area (Å²) in [4.78, 5) is 22.3. The van der Waals surface area contributed by atoms with Crippen molar-refractivity contribution in [2.45, 2.75) is 12.3 Å². The summed E-state index contributed by atoms with van der Waals surface area (Å²) in [5, 5.41) is 2.79. The fourth-order valence-corrected chi connectivity index (χ4v) is 1.83. The van der Waals surface area contributed by atoms with E-state index >= 15 is 0 Å². The molecular formula is C10H8ClNO2. The van der Waals surface area contributed by atoms with Gasteiger partial charge in [-0.2, -0.15) is 0 Å².